The highest BCUT2D eigenvalue weighted by atomic mass is 32.1. The first-order chi connectivity index (χ1) is 9.49. The molecule has 6 heteroatoms. The van der Waals surface area contributed by atoms with Gasteiger partial charge >= 0.3 is 0 Å². The molecule has 1 atom stereocenters. The predicted molar refractivity (Wildman–Crippen MR) is 83.9 cm³/mol. The average molecular weight is 294 g/mol. The number of hydrazine groups is 1. The molecule has 5 nitrogen and oxygen atoms in total. The van der Waals surface area contributed by atoms with Gasteiger partial charge in [0.05, 0.1) is 5.39 Å². The molecule has 2 aromatic rings. The molecule has 0 aliphatic carbocycles. The van der Waals surface area contributed by atoms with E-state index in [1.54, 1.807) is 11.3 Å². The summed E-state index contributed by atoms with van der Waals surface area (Å²) in [5.41, 5.74) is 3.88. The van der Waals surface area contributed by atoms with Crippen LogP contribution in [-0.4, -0.2) is 16.6 Å². The highest BCUT2D eigenvalue weighted by Crippen LogP contribution is 2.35. The molecule has 1 unspecified atom stereocenters. The highest BCUT2D eigenvalue weighted by Gasteiger charge is 2.22. The van der Waals surface area contributed by atoms with Crippen LogP contribution in [0, 0.1) is 19.8 Å². The molecule has 0 spiro atoms. The topological polar surface area (TPSA) is 73.1 Å². The molecule has 3 N–H and O–H groups in total. The van der Waals surface area contributed by atoms with E-state index in [-0.39, 0.29) is 6.10 Å². The Morgan fingerprint density at radius 3 is 2.55 bits per heavy atom. The van der Waals surface area contributed by atoms with Crippen LogP contribution in [0.4, 0.5) is 5.82 Å². The number of ether oxygens (including phenoxy) is 1. The second kappa shape index (κ2) is 6.03. The Morgan fingerprint density at radius 2 is 2.00 bits per heavy atom. The summed E-state index contributed by atoms with van der Waals surface area (Å²) in [5.74, 6) is 7.32. The SMILES string of the molecule is CCOC(c1nc(NN)c2c(C)c(C)sc2n1)C(C)C. The van der Waals surface area contributed by atoms with Crippen molar-refractivity contribution in [3.63, 3.8) is 0 Å². The fourth-order valence-corrected chi connectivity index (χ4v) is 3.28. The first kappa shape index (κ1) is 15.2. The third-order valence-corrected chi connectivity index (χ3v) is 4.49. The van der Waals surface area contributed by atoms with Gasteiger partial charge in [-0.05, 0) is 32.3 Å². The lowest BCUT2D eigenvalue weighted by atomic mass is 10.1. The van der Waals surface area contributed by atoms with E-state index < -0.39 is 0 Å². The van der Waals surface area contributed by atoms with Crippen LogP contribution >= 0.6 is 11.3 Å². The first-order valence-electron chi connectivity index (χ1n) is 6.85. The van der Waals surface area contributed by atoms with Gasteiger partial charge in [0, 0.05) is 11.5 Å². The zero-order chi connectivity index (χ0) is 14.9. The monoisotopic (exact) mass is 294 g/mol. The van der Waals surface area contributed by atoms with Crippen molar-refractivity contribution in [3.05, 3.63) is 16.3 Å². The summed E-state index contributed by atoms with van der Waals surface area (Å²) >= 11 is 1.67. The van der Waals surface area contributed by atoms with Crippen molar-refractivity contribution >= 4 is 27.4 Å². The summed E-state index contributed by atoms with van der Waals surface area (Å²) in [7, 11) is 0. The number of nitrogens with one attached hydrogen (secondary N) is 1. The van der Waals surface area contributed by atoms with Gasteiger partial charge in [-0.1, -0.05) is 13.8 Å². The van der Waals surface area contributed by atoms with Gasteiger partial charge in [0.15, 0.2) is 11.6 Å². The molecule has 0 aliphatic rings. The van der Waals surface area contributed by atoms with Gasteiger partial charge in [0.1, 0.15) is 10.9 Å². The van der Waals surface area contributed by atoms with Gasteiger partial charge in [-0.3, -0.25) is 0 Å². The number of aryl methyl sites for hydroxylation is 2. The molecular weight excluding hydrogens is 272 g/mol. The molecule has 110 valence electrons. The standard InChI is InChI=1S/C14H22N4OS/c1-6-19-11(7(2)3)13-16-12(18-15)10-8(4)9(5)20-14(10)17-13/h7,11H,6,15H2,1-5H3,(H,16,17,18). The minimum absolute atomic E-state index is 0.112. The summed E-state index contributed by atoms with van der Waals surface area (Å²) in [6.07, 6.45) is -0.112. The Balaban J connectivity index is 2.61. The molecule has 0 radical (unpaired) electrons. The fraction of sp³-hybridized carbons (Fsp3) is 0.571. The third-order valence-electron chi connectivity index (χ3n) is 3.39. The fourth-order valence-electron chi connectivity index (χ4n) is 2.24. The van der Waals surface area contributed by atoms with E-state index in [0.717, 1.165) is 10.2 Å². The van der Waals surface area contributed by atoms with Gasteiger partial charge in [-0.15, -0.1) is 11.3 Å². The van der Waals surface area contributed by atoms with Crippen LogP contribution in [0.2, 0.25) is 0 Å². The number of hydrogen-bond donors (Lipinski definition) is 2. The molecule has 0 fully saturated rings. The van der Waals surface area contributed by atoms with Crippen LogP contribution in [0.3, 0.4) is 0 Å². The van der Waals surface area contributed by atoms with Crippen molar-refractivity contribution in [1.29, 1.82) is 0 Å². The highest BCUT2D eigenvalue weighted by molar-refractivity contribution is 7.18. The molecule has 0 saturated heterocycles. The Morgan fingerprint density at radius 1 is 1.30 bits per heavy atom. The third kappa shape index (κ3) is 2.63. The van der Waals surface area contributed by atoms with Crippen molar-refractivity contribution in [2.75, 3.05) is 12.0 Å². The number of anilines is 1. The largest absolute Gasteiger partial charge is 0.370 e. The summed E-state index contributed by atoms with van der Waals surface area (Å²) in [6.45, 7) is 11.0. The number of rotatable bonds is 5. The van der Waals surface area contributed by atoms with Gasteiger partial charge in [0.25, 0.3) is 0 Å². The van der Waals surface area contributed by atoms with Crippen LogP contribution in [0.1, 0.15) is 43.1 Å². The summed E-state index contributed by atoms with van der Waals surface area (Å²) < 4.78 is 5.79. The Labute approximate surface area is 123 Å². The Bertz CT molecular complexity index is 609. The van der Waals surface area contributed by atoms with Crippen LogP contribution in [0.5, 0.6) is 0 Å². The zero-order valence-electron chi connectivity index (χ0n) is 12.7. The van der Waals surface area contributed by atoms with E-state index >= 15 is 0 Å². The lowest BCUT2D eigenvalue weighted by molar-refractivity contribution is 0.0236. The predicted octanol–water partition coefficient (Wildman–Crippen LogP) is 3.33. The van der Waals surface area contributed by atoms with E-state index in [1.165, 1.54) is 10.4 Å². The lowest BCUT2D eigenvalue weighted by Gasteiger charge is -2.20. The molecule has 0 bridgehead atoms. The normalized spacial score (nSPS) is 13.2. The minimum atomic E-state index is -0.112. The van der Waals surface area contributed by atoms with E-state index in [2.05, 4.69) is 38.1 Å². The molecular formula is C14H22N4OS. The summed E-state index contributed by atoms with van der Waals surface area (Å²) in [4.78, 5) is 11.5. The molecule has 0 amide bonds. The second-order valence-electron chi connectivity index (χ2n) is 5.16. The van der Waals surface area contributed by atoms with Crippen molar-refractivity contribution in [2.24, 2.45) is 11.8 Å². The number of fused-ring (bicyclic) bond motifs is 1. The van der Waals surface area contributed by atoms with Crippen LogP contribution < -0.4 is 11.3 Å². The van der Waals surface area contributed by atoms with Crippen LogP contribution in [0.15, 0.2) is 0 Å². The van der Waals surface area contributed by atoms with E-state index in [9.17, 15) is 0 Å². The summed E-state index contributed by atoms with van der Waals surface area (Å²) in [6, 6.07) is 0. The van der Waals surface area contributed by atoms with E-state index in [0.29, 0.717) is 24.2 Å². The van der Waals surface area contributed by atoms with Crippen molar-refractivity contribution in [1.82, 2.24) is 9.97 Å². The zero-order valence-corrected chi connectivity index (χ0v) is 13.5. The van der Waals surface area contributed by atoms with Gasteiger partial charge in [-0.25, -0.2) is 15.8 Å². The van der Waals surface area contributed by atoms with Gasteiger partial charge in [0.2, 0.25) is 0 Å². The molecule has 0 aromatic carbocycles. The van der Waals surface area contributed by atoms with Crippen molar-refractivity contribution in [2.45, 2.75) is 40.7 Å². The summed E-state index contributed by atoms with van der Waals surface area (Å²) in [5, 5.41) is 1.01. The maximum absolute atomic E-state index is 5.79. The number of nitrogens with two attached hydrogens (primary N) is 1. The van der Waals surface area contributed by atoms with E-state index in [4.69, 9.17) is 15.6 Å². The number of nitrogen functional groups attached to an aromatic ring is 1. The van der Waals surface area contributed by atoms with E-state index in [1.807, 2.05) is 6.92 Å². The Kier molecular flexibility index (Phi) is 4.57. The maximum atomic E-state index is 5.79. The minimum Gasteiger partial charge on any atom is -0.370 e. The molecule has 20 heavy (non-hydrogen) atoms. The van der Waals surface area contributed by atoms with Crippen LogP contribution in [-0.2, 0) is 4.74 Å². The smallest absolute Gasteiger partial charge is 0.161 e. The molecule has 0 saturated carbocycles. The van der Waals surface area contributed by atoms with Crippen LogP contribution in [0.25, 0.3) is 10.2 Å². The number of thiophene rings is 1. The quantitative estimate of drug-likeness (QED) is 0.653. The number of aromatic nitrogens is 2. The lowest BCUT2D eigenvalue weighted by Crippen LogP contribution is -2.17. The van der Waals surface area contributed by atoms with Gasteiger partial charge < -0.3 is 10.2 Å². The van der Waals surface area contributed by atoms with Gasteiger partial charge in [-0.2, -0.15) is 0 Å². The molecule has 0 aliphatic heterocycles. The molecule has 2 rings (SSSR count). The number of hydrogen-bond acceptors (Lipinski definition) is 6. The van der Waals surface area contributed by atoms with Crippen molar-refractivity contribution in [3.8, 4) is 0 Å². The average Bonchev–Trinajstić information content (AvgIpc) is 2.70. The Hall–Kier alpha value is -1.24. The molecule has 2 heterocycles. The van der Waals surface area contributed by atoms with Crippen molar-refractivity contribution < 1.29 is 4.74 Å². The number of nitrogens with zero attached hydrogens (tertiary/aromatic N) is 2. The second-order valence-corrected chi connectivity index (χ2v) is 6.36. The first-order valence-corrected chi connectivity index (χ1v) is 7.67. The maximum Gasteiger partial charge on any atom is 0.161 e. The molecule has 2 aromatic heterocycles.